The van der Waals surface area contributed by atoms with Crippen LogP contribution in [0.25, 0.3) is 0 Å². The third kappa shape index (κ3) is 2.48. The average molecular weight is 213 g/mol. The first-order valence-electron chi connectivity index (χ1n) is 4.64. The van der Waals surface area contributed by atoms with Gasteiger partial charge in [0.15, 0.2) is 0 Å². The molecule has 1 rings (SSSR count). The largest absolute Gasteiger partial charge is 0.493 e. The molecular formula is C11H13ClO2. The van der Waals surface area contributed by atoms with Crippen molar-refractivity contribution in [3.05, 3.63) is 29.3 Å². The van der Waals surface area contributed by atoms with Gasteiger partial charge in [-0.1, -0.05) is 13.0 Å². The van der Waals surface area contributed by atoms with Crippen LogP contribution in [0.1, 0.15) is 29.8 Å². The second-order valence-corrected chi connectivity index (χ2v) is 3.23. The van der Waals surface area contributed by atoms with Gasteiger partial charge in [0.25, 0.3) is 5.24 Å². The molecule has 0 aliphatic rings. The molecule has 3 heteroatoms. The summed E-state index contributed by atoms with van der Waals surface area (Å²) < 4.78 is 5.29. The molecule has 0 bridgehead atoms. The molecule has 1 aromatic rings. The molecule has 0 amide bonds. The summed E-state index contributed by atoms with van der Waals surface area (Å²) in [6, 6.07) is 5.51. The van der Waals surface area contributed by atoms with Crippen molar-refractivity contribution >= 4 is 16.8 Å². The van der Waals surface area contributed by atoms with Crippen molar-refractivity contribution in [2.24, 2.45) is 0 Å². The maximum Gasteiger partial charge on any atom is 0.256 e. The van der Waals surface area contributed by atoms with Gasteiger partial charge in [-0.25, -0.2) is 0 Å². The first kappa shape index (κ1) is 11.1. The van der Waals surface area contributed by atoms with Crippen LogP contribution < -0.4 is 4.74 Å². The summed E-state index contributed by atoms with van der Waals surface area (Å²) >= 11 is 5.45. The number of aryl methyl sites for hydroxylation is 1. The third-order valence-electron chi connectivity index (χ3n) is 1.96. The van der Waals surface area contributed by atoms with Gasteiger partial charge in [-0.3, -0.25) is 4.79 Å². The van der Waals surface area contributed by atoms with Gasteiger partial charge in [-0.15, -0.1) is 0 Å². The van der Waals surface area contributed by atoms with E-state index < -0.39 is 5.24 Å². The van der Waals surface area contributed by atoms with Crippen molar-refractivity contribution in [3.63, 3.8) is 0 Å². The van der Waals surface area contributed by atoms with Crippen LogP contribution in [0.5, 0.6) is 5.75 Å². The molecule has 0 atom stereocenters. The Balaban J connectivity index is 3.10. The Hall–Kier alpha value is -1.02. The van der Waals surface area contributed by atoms with Crippen LogP contribution in [0.15, 0.2) is 18.2 Å². The van der Waals surface area contributed by atoms with Crippen LogP contribution in [0.4, 0.5) is 0 Å². The number of benzene rings is 1. The topological polar surface area (TPSA) is 26.3 Å². The summed E-state index contributed by atoms with van der Waals surface area (Å²) in [6.07, 6.45) is 0.879. The van der Waals surface area contributed by atoms with Crippen molar-refractivity contribution < 1.29 is 9.53 Å². The second-order valence-electron chi connectivity index (χ2n) is 2.89. The molecule has 0 saturated heterocycles. The zero-order valence-corrected chi connectivity index (χ0v) is 9.10. The fourth-order valence-electron chi connectivity index (χ4n) is 1.23. The van der Waals surface area contributed by atoms with E-state index in [0.29, 0.717) is 17.9 Å². The Morgan fingerprint density at radius 1 is 1.43 bits per heavy atom. The SMILES string of the molecule is CCOc1ccc(CC)cc1C(=O)Cl. The van der Waals surface area contributed by atoms with E-state index in [1.807, 2.05) is 19.9 Å². The average Bonchev–Trinajstić information content (AvgIpc) is 2.18. The normalized spacial score (nSPS) is 9.93. The molecule has 0 aliphatic heterocycles. The molecule has 0 fully saturated rings. The Kier molecular flexibility index (Phi) is 3.96. The monoisotopic (exact) mass is 212 g/mol. The number of hydrogen-bond donors (Lipinski definition) is 0. The number of rotatable bonds is 4. The number of carbonyl (C=O) groups excluding carboxylic acids is 1. The highest BCUT2D eigenvalue weighted by Gasteiger charge is 2.10. The number of hydrogen-bond acceptors (Lipinski definition) is 2. The Bertz CT molecular complexity index is 334. The smallest absolute Gasteiger partial charge is 0.256 e. The fourth-order valence-corrected chi connectivity index (χ4v) is 1.38. The van der Waals surface area contributed by atoms with Crippen LogP contribution >= 0.6 is 11.6 Å². The number of carbonyl (C=O) groups is 1. The highest BCUT2D eigenvalue weighted by atomic mass is 35.5. The van der Waals surface area contributed by atoms with Gasteiger partial charge < -0.3 is 4.74 Å². The minimum atomic E-state index is -0.469. The minimum absolute atomic E-state index is 0.452. The fraction of sp³-hybridized carbons (Fsp3) is 0.364. The lowest BCUT2D eigenvalue weighted by molar-refractivity contribution is 0.107. The van der Waals surface area contributed by atoms with E-state index in [4.69, 9.17) is 16.3 Å². The molecule has 0 heterocycles. The Morgan fingerprint density at radius 3 is 2.64 bits per heavy atom. The van der Waals surface area contributed by atoms with Crippen molar-refractivity contribution in [2.45, 2.75) is 20.3 Å². The van der Waals surface area contributed by atoms with Crippen LogP contribution in [0.3, 0.4) is 0 Å². The lowest BCUT2D eigenvalue weighted by Crippen LogP contribution is -2.00. The summed E-state index contributed by atoms with van der Waals surface area (Å²) in [5, 5.41) is -0.469. The molecule has 76 valence electrons. The van der Waals surface area contributed by atoms with Crippen molar-refractivity contribution in [3.8, 4) is 5.75 Å². The summed E-state index contributed by atoms with van der Waals surface area (Å²) in [4.78, 5) is 11.1. The quantitative estimate of drug-likeness (QED) is 0.718. The third-order valence-corrected chi connectivity index (χ3v) is 2.17. The van der Waals surface area contributed by atoms with E-state index in [0.717, 1.165) is 12.0 Å². The molecule has 0 unspecified atom stereocenters. The predicted octanol–water partition coefficient (Wildman–Crippen LogP) is 3.03. The molecule has 14 heavy (non-hydrogen) atoms. The summed E-state index contributed by atoms with van der Waals surface area (Å²) in [7, 11) is 0. The van der Waals surface area contributed by atoms with E-state index in [-0.39, 0.29) is 0 Å². The molecule has 0 aromatic heterocycles. The van der Waals surface area contributed by atoms with Gasteiger partial charge in [0.2, 0.25) is 0 Å². The Morgan fingerprint density at radius 2 is 2.14 bits per heavy atom. The lowest BCUT2D eigenvalue weighted by Gasteiger charge is -2.08. The molecule has 2 nitrogen and oxygen atoms in total. The van der Waals surface area contributed by atoms with Crippen LogP contribution in [0, 0.1) is 0 Å². The van der Waals surface area contributed by atoms with Crippen LogP contribution in [0.2, 0.25) is 0 Å². The van der Waals surface area contributed by atoms with Gasteiger partial charge >= 0.3 is 0 Å². The van der Waals surface area contributed by atoms with Crippen molar-refractivity contribution in [1.82, 2.24) is 0 Å². The van der Waals surface area contributed by atoms with Crippen LogP contribution in [-0.2, 0) is 6.42 Å². The van der Waals surface area contributed by atoms with Gasteiger partial charge in [-0.05, 0) is 42.6 Å². The maximum absolute atomic E-state index is 11.1. The number of halogens is 1. The zero-order chi connectivity index (χ0) is 10.6. The van der Waals surface area contributed by atoms with E-state index in [9.17, 15) is 4.79 Å². The first-order valence-corrected chi connectivity index (χ1v) is 5.02. The molecule has 0 saturated carbocycles. The predicted molar refractivity (Wildman–Crippen MR) is 57.2 cm³/mol. The second kappa shape index (κ2) is 5.01. The van der Waals surface area contributed by atoms with Gasteiger partial charge in [0, 0.05) is 0 Å². The standard InChI is InChI=1S/C11H13ClO2/c1-3-8-5-6-10(14-4-2)9(7-8)11(12)13/h5-7H,3-4H2,1-2H3. The number of ether oxygens (including phenoxy) is 1. The van der Waals surface area contributed by atoms with Gasteiger partial charge in [-0.2, -0.15) is 0 Å². The van der Waals surface area contributed by atoms with Crippen LogP contribution in [-0.4, -0.2) is 11.8 Å². The molecule has 0 spiro atoms. The molecule has 0 aliphatic carbocycles. The molecule has 0 radical (unpaired) electrons. The van der Waals surface area contributed by atoms with Crippen molar-refractivity contribution in [2.75, 3.05) is 6.61 Å². The van der Waals surface area contributed by atoms with E-state index in [1.54, 1.807) is 12.1 Å². The molecule has 0 N–H and O–H groups in total. The molecule has 1 aromatic carbocycles. The van der Waals surface area contributed by atoms with E-state index >= 15 is 0 Å². The summed E-state index contributed by atoms with van der Waals surface area (Å²) in [5.74, 6) is 0.560. The minimum Gasteiger partial charge on any atom is -0.493 e. The first-order chi connectivity index (χ1) is 6.69. The summed E-state index contributed by atoms with van der Waals surface area (Å²) in [5.41, 5.74) is 1.53. The van der Waals surface area contributed by atoms with Crippen molar-refractivity contribution in [1.29, 1.82) is 0 Å². The highest BCUT2D eigenvalue weighted by molar-refractivity contribution is 6.68. The van der Waals surface area contributed by atoms with E-state index in [2.05, 4.69) is 0 Å². The van der Waals surface area contributed by atoms with Gasteiger partial charge in [0.05, 0.1) is 12.2 Å². The van der Waals surface area contributed by atoms with Gasteiger partial charge in [0.1, 0.15) is 5.75 Å². The lowest BCUT2D eigenvalue weighted by atomic mass is 10.1. The Labute approximate surface area is 88.8 Å². The molecular weight excluding hydrogens is 200 g/mol. The zero-order valence-electron chi connectivity index (χ0n) is 8.34. The maximum atomic E-state index is 11.1. The van der Waals surface area contributed by atoms with E-state index in [1.165, 1.54) is 0 Å². The highest BCUT2D eigenvalue weighted by Crippen LogP contribution is 2.22. The summed E-state index contributed by atoms with van der Waals surface area (Å²) in [6.45, 7) is 4.43.